The lowest BCUT2D eigenvalue weighted by atomic mass is 10.2. The van der Waals surface area contributed by atoms with Crippen molar-refractivity contribution in [3.05, 3.63) is 60.5 Å². The number of thioether (sulfide) groups is 1. The average molecular weight is 379 g/mol. The number of benzene rings is 2. The normalized spacial score (nSPS) is 10.9. The predicted molar refractivity (Wildman–Crippen MR) is 102 cm³/mol. The minimum atomic E-state index is 0.503. The quantitative estimate of drug-likeness (QED) is 0.471. The molecule has 7 nitrogen and oxygen atoms in total. The molecule has 136 valence electrons. The number of hydrogen-bond donors (Lipinski definition) is 0. The van der Waals surface area contributed by atoms with Gasteiger partial charge in [0.05, 0.1) is 18.4 Å². The molecule has 4 rings (SSSR count). The molecule has 0 amide bonds. The second-order valence-electron chi connectivity index (χ2n) is 5.73. The van der Waals surface area contributed by atoms with Crippen LogP contribution in [0.4, 0.5) is 0 Å². The summed E-state index contributed by atoms with van der Waals surface area (Å²) in [7, 11) is 3.56. The van der Waals surface area contributed by atoms with E-state index in [0.717, 1.165) is 22.1 Å². The maximum atomic E-state index is 5.38. The van der Waals surface area contributed by atoms with E-state index >= 15 is 0 Å². The van der Waals surface area contributed by atoms with Crippen LogP contribution in [0.15, 0.2) is 64.3 Å². The van der Waals surface area contributed by atoms with Crippen LogP contribution in [-0.2, 0) is 12.8 Å². The molecule has 2 heterocycles. The number of aromatic nitrogens is 5. The highest BCUT2D eigenvalue weighted by Gasteiger charge is 2.15. The molecule has 0 unspecified atom stereocenters. The van der Waals surface area contributed by atoms with E-state index in [1.807, 2.05) is 66.2 Å². The summed E-state index contributed by atoms with van der Waals surface area (Å²) >= 11 is 1.50. The zero-order chi connectivity index (χ0) is 18.6. The van der Waals surface area contributed by atoms with Crippen molar-refractivity contribution in [3.63, 3.8) is 0 Å². The van der Waals surface area contributed by atoms with Gasteiger partial charge in [-0.05, 0) is 12.1 Å². The molecule has 27 heavy (non-hydrogen) atoms. The van der Waals surface area contributed by atoms with Gasteiger partial charge in [-0.1, -0.05) is 59.4 Å². The van der Waals surface area contributed by atoms with Crippen molar-refractivity contribution < 1.29 is 9.26 Å². The topological polar surface area (TPSA) is 78.9 Å². The summed E-state index contributed by atoms with van der Waals surface area (Å²) in [5.74, 6) is 3.05. The Balaban J connectivity index is 1.49. The molecule has 0 aliphatic carbocycles. The van der Waals surface area contributed by atoms with Crippen molar-refractivity contribution in [3.8, 4) is 28.5 Å². The Labute approximate surface area is 160 Å². The second-order valence-corrected chi connectivity index (χ2v) is 6.67. The van der Waals surface area contributed by atoms with E-state index in [1.165, 1.54) is 11.8 Å². The summed E-state index contributed by atoms with van der Waals surface area (Å²) in [6.07, 6.45) is 0. The lowest BCUT2D eigenvalue weighted by Gasteiger charge is -2.03. The average Bonchev–Trinajstić information content (AvgIpc) is 3.33. The first-order chi connectivity index (χ1) is 13.3. The molecule has 2 aromatic heterocycles. The molecular weight excluding hydrogens is 362 g/mol. The van der Waals surface area contributed by atoms with Gasteiger partial charge in [-0.25, -0.2) is 0 Å². The molecule has 0 fully saturated rings. The number of nitrogens with zero attached hydrogens (tertiary/aromatic N) is 5. The van der Waals surface area contributed by atoms with E-state index in [0.29, 0.717) is 23.2 Å². The summed E-state index contributed by atoms with van der Waals surface area (Å²) in [5.41, 5.74) is 1.82. The highest BCUT2D eigenvalue weighted by Crippen LogP contribution is 2.29. The third-order valence-corrected chi connectivity index (χ3v) is 5.01. The van der Waals surface area contributed by atoms with Crippen molar-refractivity contribution >= 4 is 11.8 Å². The SMILES string of the molecule is COc1ccccc1-c1noc(CSc2nnc(-c3ccccc3)n2C)n1. The van der Waals surface area contributed by atoms with Crippen molar-refractivity contribution in [1.29, 1.82) is 0 Å². The van der Waals surface area contributed by atoms with Crippen molar-refractivity contribution in [2.75, 3.05) is 7.11 Å². The van der Waals surface area contributed by atoms with Gasteiger partial charge >= 0.3 is 0 Å². The van der Waals surface area contributed by atoms with E-state index in [-0.39, 0.29) is 0 Å². The summed E-state index contributed by atoms with van der Waals surface area (Å²) < 4.78 is 12.7. The maximum absolute atomic E-state index is 5.38. The molecular formula is C19H17N5O2S. The van der Waals surface area contributed by atoms with E-state index < -0.39 is 0 Å². The fraction of sp³-hybridized carbons (Fsp3) is 0.158. The number of para-hydroxylation sites is 1. The van der Waals surface area contributed by atoms with Crippen LogP contribution < -0.4 is 4.74 Å². The first kappa shape index (κ1) is 17.3. The van der Waals surface area contributed by atoms with Crippen LogP contribution in [0.5, 0.6) is 5.75 Å². The predicted octanol–water partition coefficient (Wildman–Crippen LogP) is 3.83. The number of ether oxygens (including phenoxy) is 1. The van der Waals surface area contributed by atoms with Gasteiger partial charge in [0, 0.05) is 12.6 Å². The number of rotatable bonds is 6. The first-order valence-electron chi connectivity index (χ1n) is 8.30. The van der Waals surface area contributed by atoms with Gasteiger partial charge in [0.25, 0.3) is 0 Å². The van der Waals surface area contributed by atoms with Crippen LogP contribution >= 0.6 is 11.8 Å². The molecule has 0 aliphatic heterocycles. The minimum absolute atomic E-state index is 0.503. The minimum Gasteiger partial charge on any atom is -0.496 e. The van der Waals surface area contributed by atoms with E-state index in [2.05, 4.69) is 20.3 Å². The standard InChI is InChI=1S/C19H17N5O2S/c1-24-18(13-8-4-3-5-9-13)21-22-19(24)27-12-16-20-17(23-26-16)14-10-6-7-11-15(14)25-2/h3-11H,12H2,1-2H3. The van der Waals surface area contributed by atoms with Crippen LogP contribution in [0.1, 0.15) is 5.89 Å². The van der Waals surface area contributed by atoms with Gasteiger partial charge in [0.1, 0.15) is 5.75 Å². The van der Waals surface area contributed by atoms with Crippen molar-refractivity contribution in [1.82, 2.24) is 24.9 Å². The van der Waals surface area contributed by atoms with Crippen LogP contribution in [0.25, 0.3) is 22.8 Å². The molecule has 2 aromatic carbocycles. The van der Waals surface area contributed by atoms with Crippen LogP contribution in [0.2, 0.25) is 0 Å². The molecule has 0 atom stereocenters. The lowest BCUT2D eigenvalue weighted by Crippen LogP contribution is -1.95. The van der Waals surface area contributed by atoms with Gasteiger partial charge in [0.15, 0.2) is 11.0 Å². The Morgan fingerprint density at radius 1 is 1.04 bits per heavy atom. The maximum Gasteiger partial charge on any atom is 0.237 e. The first-order valence-corrected chi connectivity index (χ1v) is 9.28. The van der Waals surface area contributed by atoms with Crippen LogP contribution in [0, 0.1) is 0 Å². The Kier molecular flexibility index (Phi) is 4.88. The van der Waals surface area contributed by atoms with Crippen LogP contribution in [-0.4, -0.2) is 32.0 Å². The fourth-order valence-electron chi connectivity index (χ4n) is 2.66. The van der Waals surface area contributed by atoms with Gasteiger partial charge in [0.2, 0.25) is 11.7 Å². The van der Waals surface area contributed by atoms with Crippen molar-refractivity contribution in [2.45, 2.75) is 10.9 Å². The molecule has 0 aliphatic rings. The highest BCUT2D eigenvalue weighted by molar-refractivity contribution is 7.98. The molecule has 0 N–H and O–H groups in total. The number of hydrogen-bond acceptors (Lipinski definition) is 7. The lowest BCUT2D eigenvalue weighted by molar-refractivity contribution is 0.390. The van der Waals surface area contributed by atoms with E-state index in [9.17, 15) is 0 Å². The summed E-state index contributed by atoms with van der Waals surface area (Å²) in [5, 5.41) is 13.4. The Bertz CT molecular complexity index is 1050. The monoisotopic (exact) mass is 379 g/mol. The molecule has 4 aromatic rings. The third kappa shape index (κ3) is 3.56. The largest absolute Gasteiger partial charge is 0.496 e. The van der Waals surface area contributed by atoms with Gasteiger partial charge in [-0.2, -0.15) is 4.98 Å². The summed E-state index contributed by atoms with van der Waals surface area (Å²) in [4.78, 5) is 4.46. The third-order valence-electron chi connectivity index (χ3n) is 4.01. The molecule has 0 saturated heterocycles. The fourth-order valence-corrected chi connectivity index (χ4v) is 3.41. The van der Waals surface area contributed by atoms with Crippen LogP contribution in [0.3, 0.4) is 0 Å². The molecule has 0 bridgehead atoms. The van der Waals surface area contributed by atoms with Gasteiger partial charge < -0.3 is 13.8 Å². The van der Waals surface area contributed by atoms with E-state index in [1.54, 1.807) is 7.11 Å². The highest BCUT2D eigenvalue weighted by atomic mass is 32.2. The summed E-state index contributed by atoms with van der Waals surface area (Å²) in [6.45, 7) is 0. The van der Waals surface area contributed by atoms with Crippen molar-refractivity contribution in [2.24, 2.45) is 7.05 Å². The molecule has 0 radical (unpaired) electrons. The zero-order valence-electron chi connectivity index (χ0n) is 14.9. The Morgan fingerprint density at radius 3 is 2.63 bits per heavy atom. The molecule has 8 heteroatoms. The van der Waals surface area contributed by atoms with Gasteiger partial charge in [-0.3, -0.25) is 0 Å². The Morgan fingerprint density at radius 2 is 1.81 bits per heavy atom. The molecule has 0 saturated carbocycles. The zero-order valence-corrected chi connectivity index (χ0v) is 15.7. The smallest absolute Gasteiger partial charge is 0.237 e. The molecule has 0 spiro atoms. The van der Waals surface area contributed by atoms with E-state index in [4.69, 9.17) is 9.26 Å². The van der Waals surface area contributed by atoms with Gasteiger partial charge in [-0.15, -0.1) is 10.2 Å². The Hall–Kier alpha value is -3.13. The summed E-state index contributed by atoms with van der Waals surface area (Å²) in [6, 6.07) is 17.5. The second kappa shape index (κ2) is 7.63. The number of methoxy groups -OCH3 is 1.